The number of methoxy groups -OCH3 is 1. The molecule has 2 aromatic rings. The summed E-state index contributed by atoms with van der Waals surface area (Å²) in [6.07, 6.45) is 4.51. The predicted octanol–water partition coefficient (Wildman–Crippen LogP) is 2.62. The zero-order chi connectivity index (χ0) is 22.5. The Balaban J connectivity index is 1.27. The molecule has 2 amide bonds. The van der Waals surface area contributed by atoms with Crippen LogP contribution in [0.5, 0.6) is 5.75 Å². The maximum atomic E-state index is 12.8. The minimum absolute atomic E-state index is 0.0165. The number of fused-ring (bicyclic) bond motifs is 1. The molecule has 0 bridgehead atoms. The number of piperazine rings is 1. The van der Waals surface area contributed by atoms with E-state index in [0.29, 0.717) is 51.1 Å². The predicted molar refractivity (Wildman–Crippen MR) is 123 cm³/mol. The van der Waals surface area contributed by atoms with Gasteiger partial charge in [0.15, 0.2) is 5.78 Å². The van der Waals surface area contributed by atoms with Gasteiger partial charge in [-0.15, -0.1) is 0 Å². The van der Waals surface area contributed by atoms with Crippen molar-refractivity contribution in [3.05, 3.63) is 65.2 Å². The van der Waals surface area contributed by atoms with Crippen molar-refractivity contribution in [3.63, 3.8) is 0 Å². The lowest BCUT2D eigenvalue weighted by atomic mass is 9.98. The first-order valence-electron chi connectivity index (χ1n) is 10.8. The maximum absolute atomic E-state index is 12.8. The molecule has 1 fully saturated rings. The van der Waals surface area contributed by atoms with Crippen LogP contribution in [0.2, 0.25) is 0 Å². The van der Waals surface area contributed by atoms with Crippen molar-refractivity contribution in [1.82, 2.24) is 9.80 Å². The second kappa shape index (κ2) is 9.78. The molecule has 0 aliphatic carbocycles. The highest BCUT2D eigenvalue weighted by atomic mass is 16.5. The third-order valence-electron chi connectivity index (χ3n) is 5.91. The molecule has 166 valence electrons. The lowest BCUT2D eigenvalue weighted by molar-refractivity contribution is -0.127. The summed E-state index contributed by atoms with van der Waals surface area (Å²) >= 11 is 0. The number of nitrogens with one attached hydrogen (secondary N) is 1. The molecule has 0 radical (unpaired) electrons. The van der Waals surface area contributed by atoms with E-state index in [1.807, 2.05) is 41.3 Å². The van der Waals surface area contributed by atoms with E-state index in [1.165, 1.54) is 0 Å². The average molecular weight is 434 g/mol. The second-order valence-corrected chi connectivity index (χ2v) is 8.05. The Labute approximate surface area is 187 Å². The van der Waals surface area contributed by atoms with Crippen molar-refractivity contribution in [3.8, 4) is 5.75 Å². The van der Waals surface area contributed by atoms with Gasteiger partial charge in [-0.3, -0.25) is 19.3 Å². The molecular weight excluding hydrogens is 406 g/mol. The number of benzene rings is 2. The Hall–Kier alpha value is -3.45. The van der Waals surface area contributed by atoms with Crippen molar-refractivity contribution >= 4 is 29.4 Å². The molecule has 4 rings (SSSR count). The van der Waals surface area contributed by atoms with Crippen LogP contribution in [0.3, 0.4) is 0 Å². The molecule has 32 heavy (non-hydrogen) atoms. The summed E-state index contributed by atoms with van der Waals surface area (Å²) in [7, 11) is 1.62. The van der Waals surface area contributed by atoms with E-state index < -0.39 is 0 Å². The summed E-state index contributed by atoms with van der Waals surface area (Å²) in [6, 6.07) is 13.0. The Morgan fingerprint density at radius 3 is 2.50 bits per heavy atom. The zero-order valence-electron chi connectivity index (χ0n) is 18.2. The lowest BCUT2D eigenvalue weighted by Crippen LogP contribution is -2.49. The first kappa shape index (κ1) is 21.8. The van der Waals surface area contributed by atoms with Crippen LogP contribution in [0.1, 0.15) is 27.9 Å². The number of carbonyl (C=O) groups excluding carboxylic acids is 3. The number of amides is 2. The number of nitrogens with zero attached hydrogens (tertiary/aromatic N) is 2. The molecule has 2 aliphatic heterocycles. The average Bonchev–Trinajstić information content (AvgIpc) is 2.83. The van der Waals surface area contributed by atoms with Crippen LogP contribution in [0.4, 0.5) is 5.69 Å². The normalized spacial score (nSPS) is 16.5. The smallest absolute Gasteiger partial charge is 0.246 e. The fraction of sp³-hybridized carbons (Fsp3) is 0.320. The van der Waals surface area contributed by atoms with Gasteiger partial charge in [0.1, 0.15) is 5.75 Å². The molecule has 1 saturated heterocycles. The van der Waals surface area contributed by atoms with Gasteiger partial charge in [-0.25, -0.2) is 0 Å². The fourth-order valence-corrected chi connectivity index (χ4v) is 3.97. The highest BCUT2D eigenvalue weighted by molar-refractivity contribution is 6.00. The molecule has 2 aliphatic rings. The summed E-state index contributed by atoms with van der Waals surface area (Å²) in [5, 5.41) is 2.84. The van der Waals surface area contributed by atoms with Gasteiger partial charge in [0, 0.05) is 49.9 Å². The summed E-state index contributed by atoms with van der Waals surface area (Å²) in [6.45, 7) is 2.84. The first-order chi connectivity index (χ1) is 15.5. The minimum Gasteiger partial charge on any atom is -0.497 e. The van der Waals surface area contributed by atoms with E-state index in [0.717, 1.165) is 22.6 Å². The van der Waals surface area contributed by atoms with Crippen LogP contribution in [0, 0.1) is 0 Å². The molecule has 0 unspecified atom stereocenters. The maximum Gasteiger partial charge on any atom is 0.246 e. The highest BCUT2D eigenvalue weighted by Gasteiger charge is 2.22. The first-order valence-corrected chi connectivity index (χ1v) is 10.8. The number of carbonyl (C=O) groups is 3. The Kier molecular flexibility index (Phi) is 6.66. The van der Waals surface area contributed by atoms with Crippen molar-refractivity contribution in [1.29, 1.82) is 0 Å². The molecule has 7 nitrogen and oxygen atoms in total. The molecular formula is C25H27N3O4. The SMILES string of the molecule is COc1ccc(C=CC(=O)N2CCN(CC(=O)c3ccc4c(c3)CCC(=O)N4)CC2)cc1. The number of rotatable bonds is 6. The number of Topliss-reactive ketones (excluding diaryl/α,β-unsaturated/α-hetero) is 1. The number of ether oxygens (including phenoxy) is 1. The molecule has 0 atom stereocenters. The molecule has 0 spiro atoms. The summed E-state index contributed by atoms with van der Waals surface area (Å²) < 4.78 is 5.14. The van der Waals surface area contributed by atoms with E-state index in [2.05, 4.69) is 10.2 Å². The van der Waals surface area contributed by atoms with Gasteiger partial charge >= 0.3 is 0 Å². The molecule has 0 aromatic heterocycles. The summed E-state index contributed by atoms with van der Waals surface area (Å²) in [4.78, 5) is 40.6. The second-order valence-electron chi connectivity index (χ2n) is 8.05. The van der Waals surface area contributed by atoms with Gasteiger partial charge in [-0.2, -0.15) is 0 Å². The Morgan fingerprint density at radius 1 is 1.03 bits per heavy atom. The van der Waals surface area contributed by atoms with Crippen LogP contribution < -0.4 is 10.1 Å². The third kappa shape index (κ3) is 5.23. The number of hydrogen-bond donors (Lipinski definition) is 1. The number of ketones is 1. The van der Waals surface area contributed by atoms with Gasteiger partial charge in [-0.1, -0.05) is 12.1 Å². The standard InChI is InChI=1S/C25H27N3O4/c1-32-21-7-2-18(3-8-21)4-11-25(31)28-14-12-27(13-15-28)17-23(29)20-5-9-22-19(16-20)6-10-24(30)26-22/h2-5,7-9,11,16H,6,10,12-15,17H2,1H3,(H,26,30). The Morgan fingerprint density at radius 2 is 1.78 bits per heavy atom. The number of anilines is 1. The van der Waals surface area contributed by atoms with Crippen molar-refractivity contribution < 1.29 is 19.1 Å². The van der Waals surface area contributed by atoms with Crippen LogP contribution in [0.15, 0.2) is 48.5 Å². The number of hydrogen-bond acceptors (Lipinski definition) is 5. The van der Waals surface area contributed by atoms with Gasteiger partial charge in [0.25, 0.3) is 0 Å². The van der Waals surface area contributed by atoms with Crippen molar-refractivity contribution in [2.24, 2.45) is 0 Å². The van der Waals surface area contributed by atoms with Gasteiger partial charge in [0.05, 0.1) is 13.7 Å². The van der Waals surface area contributed by atoms with E-state index in [9.17, 15) is 14.4 Å². The summed E-state index contributed by atoms with van der Waals surface area (Å²) in [5.41, 5.74) is 3.41. The summed E-state index contributed by atoms with van der Waals surface area (Å²) in [5.74, 6) is 0.830. The topological polar surface area (TPSA) is 79.0 Å². The molecule has 0 saturated carbocycles. The van der Waals surface area contributed by atoms with Gasteiger partial charge in [0.2, 0.25) is 11.8 Å². The zero-order valence-corrected chi connectivity index (χ0v) is 18.2. The lowest BCUT2D eigenvalue weighted by Gasteiger charge is -2.33. The number of aryl methyl sites for hydroxylation is 1. The molecule has 2 aromatic carbocycles. The molecule has 2 heterocycles. The molecule has 7 heteroatoms. The monoisotopic (exact) mass is 433 g/mol. The molecule has 1 N–H and O–H groups in total. The fourth-order valence-electron chi connectivity index (χ4n) is 3.97. The van der Waals surface area contributed by atoms with Crippen molar-refractivity contribution in [2.75, 3.05) is 45.2 Å². The Bertz CT molecular complexity index is 1040. The van der Waals surface area contributed by atoms with E-state index in [-0.39, 0.29) is 17.6 Å². The third-order valence-corrected chi connectivity index (χ3v) is 5.91. The van der Waals surface area contributed by atoms with E-state index >= 15 is 0 Å². The van der Waals surface area contributed by atoms with Crippen LogP contribution in [-0.2, 0) is 16.0 Å². The largest absolute Gasteiger partial charge is 0.497 e. The van der Waals surface area contributed by atoms with Crippen LogP contribution in [0.25, 0.3) is 6.08 Å². The van der Waals surface area contributed by atoms with E-state index in [1.54, 1.807) is 25.3 Å². The van der Waals surface area contributed by atoms with Gasteiger partial charge in [-0.05, 0) is 54.0 Å². The van der Waals surface area contributed by atoms with Crippen LogP contribution in [-0.4, -0.2) is 67.2 Å². The highest BCUT2D eigenvalue weighted by Crippen LogP contribution is 2.24. The van der Waals surface area contributed by atoms with Crippen molar-refractivity contribution in [2.45, 2.75) is 12.8 Å². The minimum atomic E-state index is -0.0245. The van der Waals surface area contributed by atoms with E-state index in [4.69, 9.17) is 4.74 Å². The van der Waals surface area contributed by atoms with Gasteiger partial charge < -0.3 is 15.0 Å². The quantitative estimate of drug-likeness (QED) is 0.560. The van der Waals surface area contributed by atoms with Crippen LogP contribution >= 0.6 is 0 Å².